The maximum absolute atomic E-state index is 6.34. The molecule has 0 saturated carbocycles. The Morgan fingerprint density at radius 1 is 0.812 bits per heavy atom. The Morgan fingerprint density at radius 3 is 1.69 bits per heavy atom. The second-order valence-corrected chi connectivity index (χ2v) is 7.15. The van der Waals surface area contributed by atoms with Gasteiger partial charge < -0.3 is 0 Å². The number of hydrogen-bond acceptors (Lipinski definition) is 0. The van der Waals surface area contributed by atoms with Crippen LogP contribution in [0.5, 0.6) is 0 Å². The Morgan fingerprint density at radius 2 is 1.31 bits per heavy atom. The first kappa shape index (κ1) is 13.9. The number of hydrogen-bond donors (Lipinski definition) is 0. The minimum Gasteiger partial charge on any atom is -0.0843 e. The van der Waals surface area contributed by atoms with E-state index in [0.29, 0.717) is 5.02 Å². The van der Waals surface area contributed by atoms with Crippen molar-refractivity contribution in [3.63, 3.8) is 0 Å². The topological polar surface area (TPSA) is 0 Å². The lowest BCUT2D eigenvalue weighted by molar-refractivity contribution is 0.530. The summed E-state index contributed by atoms with van der Waals surface area (Å²) >= 11 is 12.4. The highest BCUT2D eigenvalue weighted by Gasteiger charge is 2.27. The fourth-order valence-electron chi connectivity index (χ4n) is 1.93. The Hall–Kier alpha value is -0.200. The van der Waals surface area contributed by atoms with Crippen molar-refractivity contribution in [2.24, 2.45) is 0 Å². The van der Waals surface area contributed by atoms with Crippen LogP contribution in [0.1, 0.15) is 52.7 Å². The highest BCUT2D eigenvalue weighted by atomic mass is 35.5. The summed E-state index contributed by atoms with van der Waals surface area (Å²) in [6, 6.07) is 3.87. The summed E-state index contributed by atoms with van der Waals surface area (Å²) in [5.41, 5.74) is 2.52. The highest BCUT2D eigenvalue weighted by molar-refractivity contribution is 6.35. The van der Waals surface area contributed by atoms with Crippen molar-refractivity contribution in [3.05, 3.63) is 33.3 Å². The predicted octanol–water partition coefficient (Wildman–Crippen LogP) is 5.59. The molecule has 0 nitrogen and oxygen atoms in total. The van der Waals surface area contributed by atoms with Crippen LogP contribution in [0.2, 0.25) is 10.0 Å². The third-order valence-corrected chi connectivity index (χ3v) is 3.13. The fourth-order valence-corrected chi connectivity index (χ4v) is 2.70. The molecule has 0 aliphatic carbocycles. The number of rotatable bonds is 0. The Balaban J connectivity index is 3.58. The van der Waals surface area contributed by atoms with Crippen LogP contribution in [0.4, 0.5) is 0 Å². The molecular weight excluding hydrogens is 239 g/mol. The van der Waals surface area contributed by atoms with Crippen molar-refractivity contribution >= 4 is 23.2 Å². The summed E-state index contributed by atoms with van der Waals surface area (Å²) in [7, 11) is 0. The lowest BCUT2D eigenvalue weighted by Gasteiger charge is -2.31. The van der Waals surface area contributed by atoms with Crippen molar-refractivity contribution in [2.45, 2.75) is 52.4 Å². The average Bonchev–Trinajstić information content (AvgIpc) is 1.97. The van der Waals surface area contributed by atoms with Crippen molar-refractivity contribution in [1.29, 1.82) is 0 Å². The molecule has 0 fully saturated rings. The van der Waals surface area contributed by atoms with Crippen molar-refractivity contribution in [3.8, 4) is 0 Å². The molecule has 0 unspecified atom stereocenters. The third kappa shape index (κ3) is 2.93. The van der Waals surface area contributed by atoms with Gasteiger partial charge in [-0.1, -0.05) is 64.7 Å². The number of halogens is 2. The molecule has 0 radical (unpaired) electrons. The molecular formula is C14H20Cl2. The molecule has 0 amide bonds. The van der Waals surface area contributed by atoms with E-state index in [1.807, 2.05) is 12.1 Å². The highest BCUT2D eigenvalue weighted by Crippen LogP contribution is 2.40. The average molecular weight is 259 g/mol. The summed E-state index contributed by atoms with van der Waals surface area (Å²) in [4.78, 5) is 0. The van der Waals surface area contributed by atoms with Gasteiger partial charge in [-0.3, -0.25) is 0 Å². The molecule has 0 atom stereocenters. The Labute approximate surface area is 109 Å². The zero-order valence-corrected chi connectivity index (χ0v) is 12.4. The summed E-state index contributed by atoms with van der Waals surface area (Å²) in [5, 5.41) is 1.48. The molecule has 1 aromatic carbocycles. The molecule has 1 aromatic rings. The van der Waals surface area contributed by atoms with Crippen LogP contribution in [0, 0.1) is 0 Å². The molecule has 1 rings (SSSR count). The SMILES string of the molecule is CC(C)(C)c1cc(Cl)cc(Cl)c1C(C)(C)C. The van der Waals surface area contributed by atoms with Crippen LogP contribution >= 0.6 is 23.2 Å². The van der Waals surface area contributed by atoms with E-state index >= 15 is 0 Å². The molecule has 0 spiro atoms. The molecule has 0 bridgehead atoms. The summed E-state index contributed by atoms with van der Waals surface area (Å²) in [6.07, 6.45) is 0. The van der Waals surface area contributed by atoms with E-state index in [-0.39, 0.29) is 10.8 Å². The molecule has 0 N–H and O–H groups in total. The summed E-state index contributed by atoms with van der Waals surface area (Å²) in [5.74, 6) is 0. The first-order valence-corrected chi connectivity index (χ1v) is 6.29. The molecule has 2 heteroatoms. The van der Waals surface area contributed by atoms with Gasteiger partial charge in [0.1, 0.15) is 0 Å². The van der Waals surface area contributed by atoms with E-state index in [2.05, 4.69) is 41.5 Å². The molecule has 0 aliphatic rings. The summed E-state index contributed by atoms with van der Waals surface area (Å²) < 4.78 is 0. The van der Waals surface area contributed by atoms with E-state index < -0.39 is 0 Å². The largest absolute Gasteiger partial charge is 0.0843 e. The van der Waals surface area contributed by atoms with Gasteiger partial charge >= 0.3 is 0 Å². The van der Waals surface area contributed by atoms with E-state index in [1.54, 1.807) is 0 Å². The van der Waals surface area contributed by atoms with Crippen molar-refractivity contribution < 1.29 is 0 Å². The van der Waals surface area contributed by atoms with Gasteiger partial charge in [0.15, 0.2) is 0 Å². The first-order valence-electron chi connectivity index (χ1n) is 5.53. The van der Waals surface area contributed by atoms with Gasteiger partial charge in [-0.15, -0.1) is 0 Å². The maximum atomic E-state index is 6.34. The van der Waals surface area contributed by atoms with Gasteiger partial charge in [0.2, 0.25) is 0 Å². The lowest BCUT2D eigenvalue weighted by Crippen LogP contribution is -2.22. The Kier molecular flexibility index (Phi) is 3.67. The van der Waals surface area contributed by atoms with Crippen LogP contribution in [0.3, 0.4) is 0 Å². The van der Waals surface area contributed by atoms with Gasteiger partial charge in [0.25, 0.3) is 0 Å². The van der Waals surface area contributed by atoms with Gasteiger partial charge in [-0.25, -0.2) is 0 Å². The first-order chi connectivity index (χ1) is 7.03. The zero-order chi connectivity index (χ0) is 12.7. The van der Waals surface area contributed by atoms with E-state index in [4.69, 9.17) is 23.2 Å². The zero-order valence-electron chi connectivity index (χ0n) is 10.9. The van der Waals surface area contributed by atoms with Gasteiger partial charge in [-0.05, 0) is 34.1 Å². The predicted molar refractivity (Wildman–Crippen MR) is 73.9 cm³/mol. The maximum Gasteiger partial charge on any atom is 0.0461 e. The summed E-state index contributed by atoms with van der Waals surface area (Å²) in [6.45, 7) is 13.1. The molecule has 0 heterocycles. The van der Waals surface area contributed by atoms with Gasteiger partial charge in [0, 0.05) is 10.0 Å². The minimum absolute atomic E-state index is 0.0320. The van der Waals surface area contributed by atoms with Crippen LogP contribution in [0.25, 0.3) is 0 Å². The van der Waals surface area contributed by atoms with Crippen LogP contribution in [-0.4, -0.2) is 0 Å². The molecule has 0 saturated heterocycles. The van der Waals surface area contributed by atoms with Gasteiger partial charge in [0.05, 0.1) is 0 Å². The smallest absolute Gasteiger partial charge is 0.0461 e. The monoisotopic (exact) mass is 258 g/mol. The lowest BCUT2D eigenvalue weighted by atomic mass is 9.75. The van der Waals surface area contributed by atoms with E-state index in [1.165, 1.54) is 11.1 Å². The molecule has 90 valence electrons. The molecule has 0 aromatic heterocycles. The van der Waals surface area contributed by atoms with Crippen LogP contribution in [-0.2, 0) is 10.8 Å². The second-order valence-electron chi connectivity index (χ2n) is 6.31. The fraction of sp³-hybridized carbons (Fsp3) is 0.571. The standard InChI is InChI=1S/C14H20Cl2/c1-13(2,3)10-7-9(15)8-11(16)12(10)14(4,5)6/h7-8H,1-6H3. The third-order valence-electron chi connectivity index (χ3n) is 2.61. The van der Waals surface area contributed by atoms with Crippen molar-refractivity contribution in [2.75, 3.05) is 0 Å². The van der Waals surface area contributed by atoms with Crippen LogP contribution < -0.4 is 0 Å². The van der Waals surface area contributed by atoms with E-state index in [9.17, 15) is 0 Å². The minimum atomic E-state index is 0.0320. The van der Waals surface area contributed by atoms with Crippen LogP contribution in [0.15, 0.2) is 12.1 Å². The second kappa shape index (κ2) is 4.23. The normalized spacial score (nSPS) is 13.0. The number of benzene rings is 1. The van der Waals surface area contributed by atoms with Gasteiger partial charge in [-0.2, -0.15) is 0 Å². The molecule has 16 heavy (non-hydrogen) atoms. The Bertz CT molecular complexity index is 392. The molecule has 0 aliphatic heterocycles. The van der Waals surface area contributed by atoms with Crippen molar-refractivity contribution in [1.82, 2.24) is 0 Å². The quantitative estimate of drug-likeness (QED) is 0.569. The van der Waals surface area contributed by atoms with E-state index in [0.717, 1.165) is 5.02 Å².